The zero-order chi connectivity index (χ0) is 15.5. The van der Waals surface area contributed by atoms with Gasteiger partial charge in [-0.1, -0.05) is 55.3 Å². The molecule has 0 saturated heterocycles. The summed E-state index contributed by atoms with van der Waals surface area (Å²) in [4.78, 5) is 0.712. The maximum Gasteiger partial charge on any atom is 0.172 e. The third-order valence-electron chi connectivity index (χ3n) is 3.28. The van der Waals surface area contributed by atoms with Crippen LogP contribution in [0.4, 0.5) is 0 Å². The van der Waals surface area contributed by atoms with E-state index in [0.717, 1.165) is 11.1 Å². The Labute approximate surface area is 133 Å². The summed E-state index contributed by atoms with van der Waals surface area (Å²) in [5, 5.41) is 0.703. The number of aryl methyl sites for hydroxylation is 1. The topological polar surface area (TPSA) is 29.4 Å². The molecule has 0 saturated carbocycles. The van der Waals surface area contributed by atoms with Crippen LogP contribution in [0.15, 0.2) is 57.8 Å². The largest absolute Gasteiger partial charge is 0.230 e. The maximum absolute atomic E-state index is 12.2. The molecule has 0 fully saturated rings. The highest BCUT2D eigenvalue weighted by atomic mass is 35.5. The van der Waals surface area contributed by atoms with Crippen LogP contribution in [0.1, 0.15) is 25.0 Å². The summed E-state index contributed by atoms with van der Waals surface area (Å²) >= 11 is 5.90. The highest BCUT2D eigenvalue weighted by Gasteiger charge is 2.18. The molecular formula is C17H18ClNOS. The van der Waals surface area contributed by atoms with Crippen molar-refractivity contribution in [3.63, 3.8) is 0 Å². The summed E-state index contributed by atoms with van der Waals surface area (Å²) in [6, 6.07) is 15.2. The summed E-state index contributed by atoms with van der Waals surface area (Å²) in [6.07, 6.45) is 1.74. The first-order valence-electron chi connectivity index (χ1n) is 6.68. The quantitative estimate of drug-likeness (QED) is 0.750. The second-order valence-corrected chi connectivity index (χ2v) is 7.14. The zero-order valence-electron chi connectivity index (χ0n) is 12.3. The first-order valence-corrected chi connectivity index (χ1v) is 8.17. The van der Waals surface area contributed by atoms with Gasteiger partial charge in [0.1, 0.15) is 0 Å². The SMILES string of the molecule is Cc1ccc(S(=O)N=CC(C)(C)c2ccc(Cl)cc2)cc1. The molecule has 2 aromatic carbocycles. The molecule has 1 unspecified atom stereocenters. The lowest BCUT2D eigenvalue weighted by Crippen LogP contribution is -2.19. The number of rotatable bonds is 4. The molecule has 0 N–H and O–H groups in total. The van der Waals surface area contributed by atoms with Crippen molar-refractivity contribution in [2.24, 2.45) is 4.40 Å². The van der Waals surface area contributed by atoms with E-state index >= 15 is 0 Å². The number of nitrogens with zero attached hydrogens (tertiary/aromatic N) is 1. The predicted molar refractivity (Wildman–Crippen MR) is 90.6 cm³/mol. The van der Waals surface area contributed by atoms with Crippen LogP contribution in [0.3, 0.4) is 0 Å². The lowest BCUT2D eigenvalue weighted by molar-refractivity contribution is 0.683. The Hall–Kier alpha value is -1.45. The van der Waals surface area contributed by atoms with Gasteiger partial charge in [-0.3, -0.25) is 0 Å². The van der Waals surface area contributed by atoms with Gasteiger partial charge in [0.05, 0.1) is 4.90 Å². The molecule has 0 aliphatic carbocycles. The lowest BCUT2D eigenvalue weighted by Gasteiger charge is -2.19. The Morgan fingerprint density at radius 3 is 2.19 bits per heavy atom. The van der Waals surface area contributed by atoms with Crippen LogP contribution >= 0.6 is 11.6 Å². The molecule has 1 atom stereocenters. The van der Waals surface area contributed by atoms with Crippen molar-refractivity contribution in [1.82, 2.24) is 0 Å². The molecule has 110 valence electrons. The molecule has 21 heavy (non-hydrogen) atoms. The number of hydrogen-bond donors (Lipinski definition) is 0. The van der Waals surface area contributed by atoms with Crippen molar-refractivity contribution in [3.8, 4) is 0 Å². The van der Waals surface area contributed by atoms with Crippen molar-refractivity contribution in [3.05, 3.63) is 64.7 Å². The van der Waals surface area contributed by atoms with Gasteiger partial charge >= 0.3 is 0 Å². The smallest absolute Gasteiger partial charge is 0.172 e. The Morgan fingerprint density at radius 1 is 1.05 bits per heavy atom. The summed E-state index contributed by atoms with van der Waals surface area (Å²) in [5.74, 6) is 0. The molecular weight excluding hydrogens is 302 g/mol. The van der Waals surface area contributed by atoms with Gasteiger partial charge in [0, 0.05) is 16.7 Å². The fraction of sp³-hybridized carbons (Fsp3) is 0.235. The van der Waals surface area contributed by atoms with Gasteiger partial charge in [-0.05, 0) is 36.8 Å². The maximum atomic E-state index is 12.2. The molecule has 4 heteroatoms. The molecule has 0 aliphatic heterocycles. The number of halogens is 1. The zero-order valence-corrected chi connectivity index (χ0v) is 13.9. The third kappa shape index (κ3) is 4.26. The third-order valence-corrected chi connectivity index (χ3v) is 4.51. The van der Waals surface area contributed by atoms with Gasteiger partial charge in [-0.15, -0.1) is 0 Å². The second kappa shape index (κ2) is 6.54. The van der Waals surface area contributed by atoms with E-state index in [4.69, 9.17) is 11.6 Å². The van der Waals surface area contributed by atoms with Crippen LogP contribution in [-0.2, 0) is 16.4 Å². The minimum absolute atomic E-state index is 0.301. The Morgan fingerprint density at radius 2 is 1.62 bits per heavy atom. The van der Waals surface area contributed by atoms with Gasteiger partial charge in [-0.25, -0.2) is 4.21 Å². The van der Waals surface area contributed by atoms with Crippen LogP contribution in [0.2, 0.25) is 5.02 Å². The summed E-state index contributed by atoms with van der Waals surface area (Å²) in [5.41, 5.74) is 1.92. The normalized spacial score (nSPS) is 13.5. The molecule has 0 bridgehead atoms. The molecule has 0 spiro atoms. The van der Waals surface area contributed by atoms with E-state index in [1.54, 1.807) is 6.21 Å². The van der Waals surface area contributed by atoms with Gasteiger partial charge < -0.3 is 0 Å². The molecule has 0 aromatic heterocycles. The van der Waals surface area contributed by atoms with Crippen LogP contribution in [-0.4, -0.2) is 10.4 Å². The Kier molecular flexibility index (Phi) is 4.96. The molecule has 0 aliphatic rings. The molecule has 0 radical (unpaired) electrons. The number of hydrogen-bond acceptors (Lipinski definition) is 1. The van der Waals surface area contributed by atoms with E-state index in [9.17, 15) is 4.21 Å². The van der Waals surface area contributed by atoms with Crippen molar-refractivity contribution in [1.29, 1.82) is 0 Å². The van der Waals surface area contributed by atoms with E-state index in [2.05, 4.69) is 4.40 Å². The molecule has 0 heterocycles. The van der Waals surface area contributed by atoms with Crippen molar-refractivity contribution in [2.75, 3.05) is 0 Å². The van der Waals surface area contributed by atoms with E-state index in [-0.39, 0.29) is 5.41 Å². The van der Waals surface area contributed by atoms with Crippen LogP contribution in [0.25, 0.3) is 0 Å². The minimum atomic E-state index is -1.37. The van der Waals surface area contributed by atoms with E-state index < -0.39 is 11.0 Å². The summed E-state index contributed by atoms with van der Waals surface area (Å²) in [7, 11) is -1.37. The fourth-order valence-electron chi connectivity index (χ4n) is 1.85. The van der Waals surface area contributed by atoms with E-state index in [1.807, 2.05) is 69.3 Å². The highest BCUT2D eigenvalue weighted by molar-refractivity contribution is 7.83. The average Bonchev–Trinajstić information content (AvgIpc) is 2.46. The standard InChI is InChI=1S/C17H18ClNOS/c1-13-4-10-16(11-5-13)21(20)19-12-17(2,3)14-6-8-15(18)9-7-14/h4-12H,1-3H3. The molecule has 2 aromatic rings. The van der Waals surface area contributed by atoms with Gasteiger partial charge in [0.2, 0.25) is 0 Å². The Balaban J connectivity index is 2.17. The van der Waals surface area contributed by atoms with Gasteiger partial charge in [0.25, 0.3) is 0 Å². The van der Waals surface area contributed by atoms with E-state index in [0.29, 0.717) is 9.92 Å². The van der Waals surface area contributed by atoms with Crippen LogP contribution < -0.4 is 0 Å². The summed E-state index contributed by atoms with van der Waals surface area (Å²) < 4.78 is 16.4. The van der Waals surface area contributed by atoms with Crippen molar-refractivity contribution >= 4 is 28.8 Å². The monoisotopic (exact) mass is 319 g/mol. The van der Waals surface area contributed by atoms with Crippen LogP contribution in [0, 0.1) is 6.92 Å². The Bertz CT molecular complexity index is 660. The van der Waals surface area contributed by atoms with E-state index in [1.165, 1.54) is 0 Å². The second-order valence-electron chi connectivity index (χ2n) is 5.53. The number of benzene rings is 2. The summed E-state index contributed by atoms with van der Waals surface area (Å²) in [6.45, 7) is 6.07. The van der Waals surface area contributed by atoms with Crippen molar-refractivity contribution < 1.29 is 4.21 Å². The molecule has 0 amide bonds. The van der Waals surface area contributed by atoms with Crippen LogP contribution in [0.5, 0.6) is 0 Å². The van der Waals surface area contributed by atoms with Crippen molar-refractivity contribution in [2.45, 2.75) is 31.1 Å². The first-order chi connectivity index (χ1) is 9.88. The molecule has 2 nitrogen and oxygen atoms in total. The predicted octanol–water partition coefficient (Wildman–Crippen LogP) is 4.72. The lowest BCUT2D eigenvalue weighted by atomic mass is 9.86. The fourth-order valence-corrected chi connectivity index (χ4v) is 2.83. The van der Waals surface area contributed by atoms with Gasteiger partial charge in [0.15, 0.2) is 11.0 Å². The highest BCUT2D eigenvalue weighted by Crippen LogP contribution is 2.23. The average molecular weight is 320 g/mol. The molecule has 2 rings (SSSR count). The van der Waals surface area contributed by atoms with Gasteiger partial charge in [-0.2, -0.15) is 4.40 Å². The minimum Gasteiger partial charge on any atom is -0.230 e. The first kappa shape index (κ1) is 15.9.